The van der Waals surface area contributed by atoms with Gasteiger partial charge >= 0.3 is 0 Å². The van der Waals surface area contributed by atoms with Gasteiger partial charge in [-0.1, -0.05) is 104 Å². The first-order valence-corrected chi connectivity index (χ1v) is 17.5. The number of allylic oxidation sites excluding steroid dienone is 1. The summed E-state index contributed by atoms with van der Waals surface area (Å²) in [5.74, 6) is 0. The lowest BCUT2D eigenvalue weighted by molar-refractivity contribution is -0.597. The van der Waals surface area contributed by atoms with Crippen molar-refractivity contribution in [3.8, 4) is 33.6 Å². The van der Waals surface area contributed by atoms with Crippen LogP contribution in [0.4, 0.5) is 0 Å². The molecule has 4 heterocycles. The molecule has 0 amide bonds. The Morgan fingerprint density at radius 2 is 1.29 bits per heavy atom. The maximum Gasteiger partial charge on any atom is 0.287 e. The average molecular weight is 625 g/mol. The Bertz CT molecular complexity index is 2410. The van der Waals surface area contributed by atoms with Gasteiger partial charge in [-0.15, -0.1) is 0 Å². The molecule has 2 aliphatic heterocycles. The van der Waals surface area contributed by atoms with Crippen LogP contribution in [0, 0.1) is 0 Å². The van der Waals surface area contributed by atoms with Crippen LogP contribution in [0.15, 0.2) is 109 Å². The molecule has 3 aliphatic rings. The van der Waals surface area contributed by atoms with E-state index in [1.807, 2.05) is 0 Å². The monoisotopic (exact) mass is 624 g/mol. The summed E-state index contributed by atoms with van der Waals surface area (Å²) in [4.78, 5) is 0. The first-order valence-electron chi connectivity index (χ1n) is 17.5. The van der Waals surface area contributed by atoms with E-state index >= 15 is 0 Å². The molecule has 2 heteroatoms. The topological polar surface area (TPSA) is 7.76 Å². The summed E-state index contributed by atoms with van der Waals surface area (Å²) in [5, 5.41) is 2.67. The highest BCUT2D eigenvalue weighted by Crippen LogP contribution is 2.54. The first-order chi connectivity index (χ1) is 22.8. The summed E-state index contributed by atoms with van der Waals surface area (Å²) in [6.07, 6.45) is 5.55. The summed E-state index contributed by atoms with van der Waals surface area (Å²) in [7, 11) is 0. The summed E-state index contributed by atoms with van der Waals surface area (Å²) >= 11 is 0. The lowest BCUT2D eigenvalue weighted by atomic mass is 9.79. The third-order valence-electron chi connectivity index (χ3n) is 11.3. The lowest BCUT2D eigenvalue weighted by Gasteiger charge is -2.24. The van der Waals surface area contributed by atoms with Crippen LogP contribution in [-0.2, 0) is 22.7 Å². The third-order valence-corrected chi connectivity index (χ3v) is 11.3. The van der Waals surface area contributed by atoms with Gasteiger partial charge in [-0.25, -0.2) is 0 Å². The van der Waals surface area contributed by atoms with Gasteiger partial charge in [-0.2, -0.15) is 9.13 Å². The predicted octanol–water partition coefficient (Wildman–Crippen LogP) is 10.4. The summed E-state index contributed by atoms with van der Waals surface area (Å²) in [6.45, 7) is 18.7. The molecule has 0 radical (unpaired) electrons. The fourth-order valence-corrected chi connectivity index (χ4v) is 8.64. The first kappa shape index (κ1) is 29.3. The Morgan fingerprint density at radius 1 is 0.583 bits per heavy atom. The van der Waals surface area contributed by atoms with E-state index in [0.29, 0.717) is 0 Å². The van der Waals surface area contributed by atoms with E-state index in [0.717, 1.165) is 6.42 Å². The summed E-state index contributed by atoms with van der Waals surface area (Å²) in [5.41, 5.74) is 18.9. The van der Waals surface area contributed by atoms with Gasteiger partial charge < -0.3 is 0 Å². The van der Waals surface area contributed by atoms with E-state index in [9.17, 15) is 0 Å². The van der Waals surface area contributed by atoms with E-state index in [1.165, 1.54) is 89.2 Å². The molecule has 0 fully saturated rings. The molecule has 1 aliphatic carbocycles. The SMILES string of the molecule is CC(C)(C)c1ccc2c(c1)C/C(=C1/c3cc4c(cc3-c3cccc[n+]31)C(C)(C)c1c-4ccc3ccccc13)[n+]1cc(C(C)(C)C)ccc1-2. The zero-order valence-corrected chi connectivity index (χ0v) is 29.5. The highest BCUT2D eigenvalue weighted by molar-refractivity contribution is 6.00. The minimum atomic E-state index is -0.105. The van der Waals surface area contributed by atoms with Crippen molar-refractivity contribution in [1.29, 1.82) is 0 Å². The van der Waals surface area contributed by atoms with E-state index in [4.69, 9.17) is 0 Å². The van der Waals surface area contributed by atoms with Crippen LogP contribution in [0.3, 0.4) is 0 Å². The van der Waals surface area contributed by atoms with Crippen molar-refractivity contribution < 1.29 is 9.13 Å². The zero-order valence-electron chi connectivity index (χ0n) is 29.5. The number of nitrogens with zero attached hydrogens (tertiary/aromatic N) is 2. The van der Waals surface area contributed by atoms with Crippen molar-refractivity contribution in [3.63, 3.8) is 0 Å². The van der Waals surface area contributed by atoms with Crippen molar-refractivity contribution in [3.05, 3.63) is 143 Å². The molecular formula is C46H44N2+2. The quantitative estimate of drug-likeness (QED) is 0.148. The van der Waals surface area contributed by atoms with Gasteiger partial charge in [0.1, 0.15) is 0 Å². The van der Waals surface area contributed by atoms with Crippen molar-refractivity contribution >= 4 is 22.2 Å². The Hall–Kier alpha value is -4.82. The molecule has 0 saturated heterocycles. The van der Waals surface area contributed by atoms with E-state index < -0.39 is 0 Å². The Kier molecular flexibility index (Phi) is 5.88. The maximum absolute atomic E-state index is 2.53. The van der Waals surface area contributed by atoms with Gasteiger partial charge in [0.2, 0.25) is 11.4 Å². The number of hydrogen-bond acceptors (Lipinski definition) is 0. The van der Waals surface area contributed by atoms with Crippen molar-refractivity contribution in [2.75, 3.05) is 0 Å². The van der Waals surface area contributed by atoms with E-state index in [-0.39, 0.29) is 16.2 Å². The largest absolute Gasteiger partial charge is 0.287 e. The third kappa shape index (κ3) is 4.05. The van der Waals surface area contributed by atoms with Crippen molar-refractivity contribution in [2.24, 2.45) is 0 Å². The van der Waals surface area contributed by atoms with Gasteiger partial charge in [0.25, 0.3) is 11.4 Å². The fourth-order valence-electron chi connectivity index (χ4n) is 8.64. The number of rotatable bonds is 0. The van der Waals surface area contributed by atoms with Gasteiger partial charge in [-0.05, 0) is 85.3 Å². The molecular weight excluding hydrogens is 581 g/mol. The van der Waals surface area contributed by atoms with Crippen LogP contribution in [0.1, 0.15) is 88.8 Å². The second-order valence-corrected chi connectivity index (χ2v) is 16.8. The normalized spacial score (nSPS) is 17.0. The zero-order chi connectivity index (χ0) is 33.3. The summed E-state index contributed by atoms with van der Waals surface area (Å²) in [6, 6.07) is 37.1. The Labute approximate surface area is 285 Å². The smallest absolute Gasteiger partial charge is 0.157 e. The van der Waals surface area contributed by atoms with Crippen LogP contribution in [-0.4, -0.2) is 0 Å². The van der Waals surface area contributed by atoms with E-state index in [2.05, 4.69) is 174 Å². The Balaban J connectivity index is 1.36. The lowest BCUT2D eigenvalue weighted by Crippen LogP contribution is -2.44. The number of hydrogen-bond donors (Lipinski definition) is 0. The number of aromatic nitrogens is 2. The minimum absolute atomic E-state index is 0.0334. The van der Waals surface area contributed by atoms with E-state index in [1.54, 1.807) is 0 Å². The van der Waals surface area contributed by atoms with Gasteiger partial charge in [0.05, 0.1) is 23.1 Å². The highest BCUT2D eigenvalue weighted by atomic mass is 15.1. The number of pyridine rings is 2. The molecule has 4 aromatic carbocycles. The maximum atomic E-state index is 2.53. The molecule has 48 heavy (non-hydrogen) atoms. The molecule has 0 bridgehead atoms. The minimum Gasteiger partial charge on any atom is -0.157 e. The van der Waals surface area contributed by atoms with Crippen LogP contribution >= 0.6 is 0 Å². The Morgan fingerprint density at radius 3 is 2.08 bits per heavy atom. The van der Waals surface area contributed by atoms with Crippen LogP contribution in [0.5, 0.6) is 0 Å². The van der Waals surface area contributed by atoms with Crippen LogP contribution < -0.4 is 9.13 Å². The van der Waals surface area contributed by atoms with Crippen molar-refractivity contribution in [2.45, 2.75) is 78.1 Å². The average Bonchev–Trinajstić information content (AvgIpc) is 3.50. The summed E-state index contributed by atoms with van der Waals surface area (Å²) < 4.78 is 4.98. The number of fused-ring (bicyclic) bond motifs is 11. The van der Waals surface area contributed by atoms with Crippen molar-refractivity contribution in [1.82, 2.24) is 0 Å². The molecule has 2 aromatic heterocycles. The molecule has 9 rings (SSSR count). The molecule has 2 nitrogen and oxygen atoms in total. The van der Waals surface area contributed by atoms with Gasteiger partial charge in [0.15, 0.2) is 12.4 Å². The molecule has 0 N–H and O–H groups in total. The second-order valence-electron chi connectivity index (χ2n) is 16.8. The molecule has 236 valence electrons. The molecule has 0 saturated carbocycles. The highest BCUT2D eigenvalue weighted by Gasteiger charge is 2.45. The molecule has 6 aromatic rings. The molecule has 0 unspecified atom stereocenters. The van der Waals surface area contributed by atoms with Gasteiger partial charge in [0, 0.05) is 29.2 Å². The van der Waals surface area contributed by atoms with Crippen LogP contribution in [0.25, 0.3) is 55.8 Å². The molecule has 0 atom stereocenters. The molecule has 0 spiro atoms. The second kappa shape index (κ2) is 9.63. The fraction of sp³-hybridized carbons (Fsp3) is 0.261. The number of benzene rings is 4. The predicted molar refractivity (Wildman–Crippen MR) is 199 cm³/mol. The van der Waals surface area contributed by atoms with Gasteiger partial charge in [-0.3, -0.25) is 0 Å². The standard InChI is InChI=1S/C46H44N2/c1-44(2,3)30-17-20-32-29(23-30)24-41(48-27-31(45(4,5)6)18-21-40(32)48)43-37-25-35-34-19-16-28-13-9-10-14-33(28)42(34)46(7,8)38(35)26-36(37)39-15-11-12-22-47(39)43/h9-23,25-27H,24H2,1-8H3/q+2/b43-41+. The van der Waals surface area contributed by atoms with Crippen LogP contribution in [0.2, 0.25) is 0 Å².